The number of ether oxygens (including phenoxy) is 1. The van der Waals surface area contributed by atoms with Crippen LogP contribution < -0.4 is 4.74 Å². The molecule has 0 N–H and O–H groups in total. The smallest absolute Gasteiger partial charge is 0.220 e. The number of thiophene rings is 1. The van der Waals surface area contributed by atoms with Crippen LogP contribution in [0.3, 0.4) is 0 Å². The molecule has 0 aliphatic carbocycles. The molecule has 0 unspecified atom stereocenters. The molecule has 0 saturated carbocycles. The van der Waals surface area contributed by atoms with Gasteiger partial charge in [0.2, 0.25) is 5.88 Å². The van der Waals surface area contributed by atoms with Gasteiger partial charge < -0.3 is 4.74 Å². The van der Waals surface area contributed by atoms with E-state index in [0.717, 1.165) is 23.4 Å². The van der Waals surface area contributed by atoms with Gasteiger partial charge in [-0.05, 0) is 12.5 Å². The molecule has 20 heavy (non-hydrogen) atoms. The van der Waals surface area contributed by atoms with Gasteiger partial charge in [0.05, 0.1) is 17.7 Å². The van der Waals surface area contributed by atoms with Gasteiger partial charge in [-0.25, -0.2) is 9.97 Å². The van der Waals surface area contributed by atoms with Crippen LogP contribution in [0.25, 0.3) is 20.7 Å². The second kappa shape index (κ2) is 4.75. The van der Waals surface area contributed by atoms with E-state index in [1.165, 1.54) is 19.9 Å². The first-order valence-electron chi connectivity index (χ1n) is 6.41. The molecule has 5 heteroatoms. The molecule has 100 valence electrons. The molecule has 4 rings (SSSR count). The average molecular weight is 300 g/mol. The van der Waals surface area contributed by atoms with Crippen LogP contribution in [-0.2, 0) is 6.42 Å². The Morgan fingerprint density at radius 1 is 1.20 bits per heavy atom. The first-order valence-corrected chi connectivity index (χ1v) is 8.21. The fourth-order valence-corrected chi connectivity index (χ4v) is 5.13. The van der Waals surface area contributed by atoms with E-state index in [-0.39, 0.29) is 0 Å². The van der Waals surface area contributed by atoms with Crippen LogP contribution in [0, 0.1) is 0 Å². The summed E-state index contributed by atoms with van der Waals surface area (Å²) < 4.78 is 6.72. The van der Waals surface area contributed by atoms with Crippen LogP contribution in [0.2, 0.25) is 0 Å². The maximum absolute atomic E-state index is 5.40. The van der Waals surface area contributed by atoms with Gasteiger partial charge >= 0.3 is 0 Å². The van der Waals surface area contributed by atoms with Crippen molar-refractivity contribution in [3.63, 3.8) is 0 Å². The molecule has 1 aliphatic rings. The molecule has 0 bridgehead atoms. The van der Waals surface area contributed by atoms with Gasteiger partial charge in [0, 0.05) is 26.3 Å². The van der Waals surface area contributed by atoms with E-state index in [4.69, 9.17) is 4.74 Å². The van der Waals surface area contributed by atoms with Crippen molar-refractivity contribution in [2.24, 2.45) is 0 Å². The fraction of sp³-hybridized carbons (Fsp3) is 0.200. The molecular weight excluding hydrogens is 288 g/mol. The van der Waals surface area contributed by atoms with Crippen LogP contribution >= 0.6 is 23.1 Å². The van der Waals surface area contributed by atoms with Crippen LogP contribution in [0.1, 0.15) is 5.56 Å². The van der Waals surface area contributed by atoms with Gasteiger partial charge in [-0.15, -0.1) is 23.1 Å². The number of hydrogen-bond acceptors (Lipinski definition) is 5. The number of rotatable bonds is 1. The Morgan fingerprint density at radius 3 is 3.00 bits per heavy atom. The van der Waals surface area contributed by atoms with Crippen molar-refractivity contribution in [2.45, 2.75) is 11.3 Å². The molecule has 3 nitrogen and oxygen atoms in total. The number of hydrogen-bond donors (Lipinski definition) is 0. The van der Waals surface area contributed by atoms with Gasteiger partial charge in [-0.1, -0.05) is 18.2 Å². The van der Waals surface area contributed by atoms with Crippen molar-refractivity contribution in [3.05, 3.63) is 36.2 Å². The number of benzene rings is 1. The third kappa shape index (κ3) is 1.73. The molecule has 0 fully saturated rings. The van der Waals surface area contributed by atoms with E-state index in [9.17, 15) is 0 Å². The molecule has 1 aromatic carbocycles. The maximum Gasteiger partial charge on any atom is 0.220 e. The van der Waals surface area contributed by atoms with E-state index >= 15 is 0 Å². The van der Waals surface area contributed by atoms with E-state index in [1.807, 2.05) is 23.1 Å². The Hall–Kier alpha value is -1.59. The Bertz CT molecular complexity index is 798. The highest BCUT2D eigenvalue weighted by Crippen LogP contribution is 2.47. The summed E-state index contributed by atoms with van der Waals surface area (Å²) in [6.07, 6.45) is 2.54. The summed E-state index contributed by atoms with van der Waals surface area (Å²) in [7, 11) is 1.67. The van der Waals surface area contributed by atoms with Crippen molar-refractivity contribution in [1.29, 1.82) is 0 Å². The summed E-state index contributed by atoms with van der Waals surface area (Å²) in [6.45, 7) is 0. The highest BCUT2D eigenvalue weighted by atomic mass is 32.2. The lowest BCUT2D eigenvalue weighted by Gasteiger charge is -2.08. The highest BCUT2D eigenvalue weighted by Gasteiger charge is 2.23. The lowest BCUT2D eigenvalue weighted by Crippen LogP contribution is -1.99. The van der Waals surface area contributed by atoms with Crippen molar-refractivity contribution in [2.75, 3.05) is 12.9 Å². The molecule has 0 spiro atoms. The second-order valence-electron chi connectivity index (χ2n) is 4.57. The number of fused-ring (bicyclic) bond motifs is 5. The van der Waals surface area contributed by atoms with Crippen molar-refractivity contribution < 1.29 is 4.74 Å². The summed E-state index contributed by atoms with van der Waals surface area (Å²) >= 11 is 3.72. The quantitative estimate of drug-likeness (QED) is 0.680. The Kier molecular flexibility index (Phi) is 2.89. The van der Waals surface area contributed by atoms with Gasteiger partial charge in [0.1, 0.15) is 6.33 Å². The molecule has 1 aliphatic heterocycles. The van der Waals surface area contributed by atoms with Crippen LogP contribution in [-0.4, -0.2) is 22.8 Å². The molecule has 0 amide bonds. The summed E-state index contributed by atoms with van der Waals surface area (Å²) in [5.74, 6) is 1.74. The Labute approximate surface area is 125 Å². The minimum absolute atomic E-state index is 0.709. The minimum Gasteiger partial charge on any atom is -0.481 e. The van der Waals surface area contributed by atoms with Gasteiger partial charge in [-0.3, -0.25) is 0 Å². The summed E-state index contributed by atoms with van der Waals surface area (Å²) in [6, 6.07) is 8.56. The molecule has 0 radical (unpaired) electrons. The minimum atomic E-state index is 0.709. The zero-order chi connectivity index (χ0) is 13.5. The van der Waals surface area contributed by atoms with Gasteiger partial charge in [0.25, 0.3) is 0 Å². The average Bonchev–Trinajstić information content (AvgIpc) is 2.76. The van der Waals surface area contributed by atoms with Gasteiger partial charge in [-0.2, -0.15) is 0 Å². The van der Waals surface area contributed by atoms with E-state index < -0.39 is 0 Å². The SMILES string of the molecule is COc1ncnc2c1CCSc1c-2sc2ccccc12. The van der Waals surface area contributed by atoms with E-state index in [1.54, 1.807) is 13.4 Å². The predicted octanol–water partition coefficient (Wildman–Crippen LogP) is 4.02. The first-order chi connectivity index (χ1) is 9.88. The third-order valence-electron chi connectivity index (χ3n) is 3.46. The maximum atomic E-state index is 5.40. The molecular formula is C15H12N2OS2. The topological polar surface area (TPSA) is 35.0 Å². The normalized spacial score (nSPS) is 13.7. The second-order valence-corrected chi connectivity index (χ2v) is 6.72. The first kappa shape index (κ1) is 12.2. The molecule has 0 saturated heterocycles. The molecule has 3 heterocycles. The Balaban J connectivity index is 2.05. The van der Waals surface area contributed by atoms with E-state index in [0.29, 0.717) is 5.88 Å². The van der Waals surface area contributed by atoms with E-state index in [2.05, 4.69) is 34.2 Å². The molecule has 3 aromatic rings. The Morgan fingerprint density at radius 2 is 2.10 bits per heavy atom. The zero-order valence-corrected chi connectivity index (χ0v) is 12.6. The van der Waals surface area contributed by atoms with Crippen LogP contribution in [0.15, 0.2) is 35.5 Å². The van der Waals surface area contributed by atoms with Crippen LogP contribution in [0.4, 0.5) is 0 Å². The zero-order valence-electron chi connectivity index (χ0n) is 10.9. The fourth-order valence-electron chi connectivity index (χ4n) is 2.57. The third-order valence-corrected chi connectivity index (χ3v) is 5.89. The van der Waals surface area contributed by atoms with Crippen LogP contribution in [0.5, 0.6) is 5.88 Å². The lowest BCUT2D eigenvalue weighted by molar-refractivity contribution is 0.392. The largest absolute Gasteiger partial charge is 0.481 e. The standard InChI is InChI=1S/C15H12N2OS2/c1-18-15-10-6-7-19-13-9-4-2-3-5-11(9)20-14(13)12(10)16-8-17-15/h2-5,8H,6-7H2,1H3. The number of methoxy groups -OCH3 is 1. The van der Waals surface area contributed by atoms with Crippen molar-refractivity contribution in [3.8, 4) is 16.5 Å². The monoisotopic (exact) mass is 300 g/mol. The summed E-state index contributed by atoms with van der Waals surface area (Å²) in [4.78, 5) is 11.4. The van der Waals surface area contributed by atoms with Gasteiger partial charge in [0.15, 0.2) is 0 Å². The molecule has 0 atom stereocenters. The predicted molar refractivity (Wildman–Crippen MR) is 83.8 cm³/mol. The number of aromatic nitrogens is 2. The number of thioether (sulfide) groups is 1. The molecule has 2 aromatic heterocycles. The van der Waals surface area contributed by atoms with Crippen molar-refractivity contribution >= 4 is 33.2 Å². The summed E-state index contributed by atoms with van der Waals surface area (Å²) in [5, 5.41) is 1.34. The lowest BCUT2D eigenvalue weighted by atomic mass is 10.1. The van der Waals surface area contributed by atoms with Crippen molar-refractivity contribution in [1.82, 2.24) is 9.97 Å². The number of nitrogens with zero attached hydrogens (tertiary/aromatic N) is 2. The summed E-state index contributed by atoms with van der Waals surface area (Å²) in [5.41, 5.74) is 2.17. The highest BCUT2D eigenvalue weighted by molar-refractivity contribution is 7.99.